The molecule has 0 fully saturated rings. The molecule has 0 spiro atoms. The monoisotopic (exact) mass is 257 g/mol. The Labute approximate surface area is 99.7 Å². The minimum absolute atomic E-state index is 0.0291. The van der Waals surface area contributed by atoms with E-state index in [4.69, 9.17) is 5.11 Å². The highest BCUT2D eigenvalue weighted by Gasteiger charge is 2.38. The van der Waals surface area contributed by atoms with E-state index in [-0.39, 0.29) is 6.42 Å². The van der Waals surface area contributed by atoms with E-state index in [1.54, 1.807) is 6.07 Å². The lowest BCUT2D eigenvalue weighted by Crippen LogP contribution is -2.28. The van der Waals surface area contributed by atoms with Gasteiger partial charge in [-0.05, 0) is 12.1 Å². The lowest BCUT2D eigenvalue weighted by Gasteiger charge is -2.08. The van der Waals surface area contributed by atoms with Gasteiger partial charge in [0.2, 0.25) is 0 Å². The van der Waals surface area contributed by atoms with Crippen LogP contribution in [-0.4, -0.2) is 22.0 Å². The number of carboxylic acids is 1. The summed E-state index contributed by atoms with van der Waals surface area (Å²) in [5.41, 5.74) is 0.756. The zero-order valence-corrected chi connectivity index (χ0v) is 9.51. The number of para-hydroxylation sites is 1. The van der Waals surface area contributed by atoms with Crippen LogP contribution in [0.1, 0.15) is 11.4 Å². The molecule has 0 saturated heterocycles. The molecule has 0 bridgehead atoms. The van der Waals surface area contributed by atoms with E-state index >= 15 is 0 Å². The number of thiazole rings is 1. The Morgan fingerprint density at radius 1 is 1.41 bits per heavy atom. The minimum atomic E-state index is -3.68. The summed E-state index contributed by atoms with van der Waals surface area (Å²) < 4.78 is 26.6. The van der Waals surface area contributed by atoms with Crippen LogP contribution in [0, 0.1) is 0 Å². The van der Waals surface area contributed by atoms with Gasteiger partial charge < -0.3 is 5.11 Å². The number of benzene rings is 1. The largest absolute Gasteiger partial charge is 0.477 e. The Morgan fingerprint density at radius 2 is 2.12 bits per heavy atom. The number of aliphatic carboxylic acids is 1. The van der Waals surface area contributed by atoms with E-state index in [9.17, 15) is 13.6 Å². The van der Waals surface area contributed by atoms with Gasteiger partial charge in [-0.1, -0.05) is 12.1 Å². The molecule has 17 heavy (non-hydrogen) atoms. The van der Waals surface area contributed by atoms with E-state index in [0.29, 0.717) is 5.01 Å². The maximum absolute atomic E-state index is 12.9. The van der Waals surface area contributed by atoms with E-state index in [1.165, 1.54) is 11.3 Å². The summed E-state index contributed by atoms with van der Waals surface area (Å²) in [5, 5.41) is 8.83. The van der Waals surface area contributed by atoms with Gasteiger partial charge in [0.25, 0.3) is 0 Å². The van der Waals surface area contributed by atoms with E-state index in [1.807, 2.05) is 18.2 Å². The zero-order chi connectivity index (χ0) is 12.5. The predicted octanol–water partition coefficient (Wildman–Crippen LogP) is 2.95. The summed E-state index contributed by atoms with van der Waals surface area (Å²) in [5.74, 6) is -5.77. The van der Waals surface area contributed by atoms with Gasteiger partial charge in [0.15, 0.2) is 0 Å². The van der Waals surface area contributed by atoms with Crippen molar-refractivity contribution in [3.63, 3.8) is 0 Å². The predicted molar refractivity (Wildman–Crippen MR) is 60.5 cm³/mol. The number of hydrogen-bond donors (Lipinski definition) is 1. The second-order valence-corrected chi connectivity index (χ2v) is 4.70. The zero-order valence-electron chi connectivity index (χ0n) is 8.69. The molecule has 90 valence electrons. The van der Waals surface area contributed by atoms with Crippen LogP contribution < -0.4 is 0 Å². The van der Waals surface area contributed by atoms with E-state index in [0.717, 1.165) is 10.2 Å². The number of hydrogen-bond acceptors (Lipinski definition) is 3. The summed E-state index contributed by atoms with van der Waals surface area (Å²) in [6.45, 7) is 0. The normalized spacial score (nSPS) is 11.9. The van der Waals surface area contributed by atoms with Gasteiger partial charge in [-0.3, -0.25) is 0 Å². The van der Waals surface area contributed by atoms with Gasteiger partial charge in [0, 0.05) is 12.8 Å². The smallest absolute Gasteiger partial charge is 0.374 e. The molecule has 0 aliphatic rings. The van der Waals surface area contributed by atoms with Crippen molar-refractivity contribution in [2.24, 2.45) is 0 Å². The number of halogens is 2. The summed E-state index contributed by atoms with van der Waals surface area (Å²) in [7, 11) is 0. The topological polar surface area (TPSA) is 50.2 Å². The van der Waals surface area contributed by atoms with Crippen molar-refractivity contribution in [3.8, 4) is 0 Å². The first-order chi connectivity index (χ1) is 7.99. The Hall–Kier alpha value is -1.56. The minimum Gasteiger partial charge on any atom is -0.477 e. The number of alkyl halides is 2. The van der Waals surface area contributed by atoms with Crippen LogP contribution in [-0.2, 0) is 11.2 Å². The second kappa shape index (κ2) is 4.37. The third kappa shape index (κ3) is 2.58. The molecule has 1 heterocycles. The number of nitrogens with zero attached hydrogens (tertiary/aromatic N) is 1. The van der Waals surface area contributed by atoms with Crippen molar-refractivity contribution >= 4 is 27.5 Å². The second-order valence-electron chi connectivity index (χ2n) is 3.58. The molecule has 0 aliphatic carbocycles. The molecule has 0 saturated carbocycles. The number of carbonyl (C=O) groups is 1. The van der Waals surface area contributed by atoms with Crippen LogP contribution in [0.15, 0.2) is 24.3 Å². The average Bonchev–Trinajstić information content (AvgIpc) is 2.69. The van der Waals surface area contributed by atoms with Crippen molar-refractivity contribution in [3.05, 3.63) is 29.3 Å². The van der Waals surface area contributed by atoms with Crippen molar-refractivity contribution in [2.45, 2.75) is 18.8 Å². The summed E-state index contributed by atoms with van der Waals surface area (Å²) in [4.78, 5) is 14.4. The molecule has 1 aromatic carbocycles. The highest BCUT2D eigenvalue weighted by atomic mass is 32.1. The molecule has 0 radical (unpaired) electrons. The highest BCUT2D eigenvalue weighted by molar-refractivity contribution is 7.18. The van der Waals surface area contributed by atoms with Crippen LogP contribution in [0.3, 0.4) is 0 Å². The van der Waals surface area contributed by atoms with E-state index < -0.39 is 18.3 Å². The molecule has 1 N–H and O–H groups in total. The maximum Gasteiger partial charge on any atom is 0.374 e. The third-order valence-electron chi connectivity index (χ3n) is 2.30. The van der Waals surface area contributed by atoms with Crippen LogP contribution >= 0.6 is 11.3 Å². The Kier molecular flexibility index (Phi) is 3.06. The van der Waals surface area contributed by atoms with Crippen molar-refractivity contribution in [1.82, 2.24) is 4.98 Å². The molecule has 1 aromatic heterocycles. The molecule has 0 unspecified atom stereocenters. The molecule has 0 aliphatic heterocycles. The lowest BCUT2D eigenvalue weighted by atomic mass is 10.2. The summed E-state index contributed by atoms with van der Waals surface area (Å²) in [6, 6.07) is 7.31. The molecular formula is C11H9F2NO2S. The molecule has 0 atom stereocenters. The van der Waals surface area contributed by atoms with Crippen LogP contribution in [0.25, 0.3) is 10.2 Å². The lowest BCUT2D eigenvalue weighted by molar-refractivity contribution is -0.165. The third-order valence-corrected chi connectivity index (χ3v) is 3.40. The molecular weight excluding hydrogens is 248 g/mol. The maximum atomic E-state index is 12.9. The number of aromatic nitrogens is 1. The van der Waals surface area contributed by atoms with Crippen LogP contribution in [0.2, 0.25) is 0 Å². The first-order valence-corrected chi connectivity index (χ1v) is 5.76. The average molecular weight is 257 g/mol. The molecule has 6 heteroatoms. The van der Waals surface area contributed by atoms with Crippen molar-refractivity contribution in [1.29, 1.82) is 0 Å². The molecule has 2 aromatic rings. The van der Waals surface area contributed by atoms with Gasteiger partial charge in [0.05, 0.1) is 15.2 Å². The van der Waals surface area contributed by atoms with Gasteiger partial charge in [0.1, 0.15) is 0 Å². The summed E-state index contributed by atoms with van der Waals surface area (Å²) in [6.07, 6.45) is -0.749. The molecule has 3 nitrogen and oxygen atoms in total. The van der Waals surface area contributed by atoms with E-state index in [2.05, 4.69) is 4.98 Å². The van der Waals surface area contributed by atoms with Crippen LogP contribution in [0.5, 0.6) is 0 Å². The number of fused-ring (bicyclic) bond motifs is 1. The Morgan fingerprint density at radius 3 is 2.76 bits per heavy atom. The van der Waals surface area contributed by atoms with Crippen molar-refractivity contribution in [2.75, 3.05) is 0 Å². The fraction of sp³-hybridized carbons (Fsp3) is 0.273. The number of rotatable bonds is 4. The first kappa shape index (κ1) is 11.9. The van der Waals surface area contributed by atoms with Gasteiger partial charge in [-0.2, -0.15) is 8.78 Å². The van der Waals surface area contributed by atoms with Crippen molar-refractivity contribution < 1.29 is 18.7 Å². The molecule has 0 amide bonds. The highest BCUT2D eigenvalue weighted by Crippen LogP contribution is 2.26. The first-order valence-electron chi connectivity index (χ1n) is 4.95. The SMILES string of the molecule is O=C(O)C(F)(F)CCc1nc2ccccc2s1. The van der Waals surface area contributed by atoms with Gasteiger partial charge in [-0.25, -0.2) is 9.78 Å². The summed E-state index contributed by atoms with van der Waals surface area (Å²) >= 11 is 1.31. The van der Waals surface area contributed by atoms with Gasteiger partial charge in [-0.15, -0.1) is 11.3 Å². The molecule has 2 rings (SSSR count). The Balaban J connectivity index is 2.12. The quantitative estimate of drug-likeness (QED) is 0.916. The van der Waals surface area contributed by atoms with Crippen LogP contribution in [0.4, 0.5) is 8.78 Å². The van der Waals surface area contributed by atoms with Gasteiger partial charge >= 0.3 is 11.9 Å². The number of aryl methyl sites for hydroxylation is 1. The fourth-order valence-corrected chi connectivity index (χ4v) is 2.36. The fourth-order valence-electron chi connectivity index (χ4n) is 1.40. The standard InChI is InChI=1S/C11H9F2NO2S/c12-11(13,10(15)16)6-5-9-14-7-3-1-2-4-8(7)17-9/h1-4H,5-6H2,(H,15,16). The number of carboxylic acid groups (broad SMARTS) is 1. The Bertz CT molecular complexity index is 520.